The summed E-state index contributed by atoms with van der Waals surface area (Å²) in [7, 11) is 0. The maximum Gasteiger partial charge on any atom is 0.0870 e. The number of nitrogens with two attached hydrogens (primary N) is 1. The molecule has 0 atom stereocenters. The summed E-state index contributed by atoms with van der Waals surface area (Å²) in [4.78, 5) is 2.85. The van der Waals surface area contributed by atoms with Crippen molar-refractivity contribution in [1.29, 1.82) is 0 Å². The summed E-state index contributed by atoms with van der Waals surface area (Å²) in [6, 6.07) is 7.08. The van der Waals surface area contributed by atoms with Crippen LogP contribution >= 0.6 is 12.2 Å². The molecular weight excluding hydrogens is 228 g/mol. The lowest BCUT2D eigenvalue weighted by Gasteiger charge is -2.26. The predicted molar refractivity (Wildman–Crippen MR) is 78.2 cm³/mol. The van der Waals surface area contributed by atoms with Gasteiger partial charge < -0.3 is 5.73 Å². The molecule has 94 valence electrons. The molecule has 0 aromatic heterocycles. The summed E-state index contributed by atoms with van der Waals surface area (Å²) in [5.41, 5.74) is 9.57. The van der Waals surface area contributed by atoms with Gasteiger partial charge in [0.2, 0.25) is 0 Å². The van der Waals surface area contributed by atoms with Gasteiger partial charge in [0.15, 0.2) is 0 Å². The largest absolute Gasteiger partial charge is 0.392 e. The fraction of sp³-hybridized carbons (Fsp3) is 0.500. The fourth-order valence-corrected chi connectivity index (χ4v) is 2.18. The molecule has 0 saturated carbocycles. The lowest BCUT2D eigenvalue weighted by molar-refractivity contribution is 0.245. The summed E-state index contributed by atoms with van der Waals surface area (Å²) in [5.74, 6) is 0. The SMILES string of the molecule is Cc1cc(C)cc(CN(CC(N)=S)C(C)C)c1. The van der Waals surface area contributed by atoms with E-state index in [1.54, 1.807) is 0 Å². The number of aryl methyl sites for hydroxylation is 2. The monoisotopic (exact) mass is 250 g/mol. The van der Waals surface area contributed by atoms with E-state index in [1.807, 2.05) is 0 Å². The Morgan fingerprint density at radius 1 is 1.24 bits per heavy atom. The first kappa shape index (κ1) is 14.1. The zero-order valence-corrected chi connectivity index (χ0v) is 12.0. The van der Waals surface area contributed by atoms with Gasteiger partial charge in [0.25, 0.3) is 0 Å². The first-order chi connectivity index (χ1) is 7.88. The van der Waals surface area contributed by atoms with E-state index in [9.17, 15) is 0 Å². The van der Waals surface area contributed by atoms with E-state index in [-0.39, 0.29) is 0 Å². The molecule has 0 saturated heterocycles. The Hall–Kier alpha value is -0.930. The van der Waals surface area contributed by atoms with Crippen molar-refractivity contribution in [2.45, 2.75) is 40.3 Å². The Kier molecular flexibility index (Phi) is 5.09. The average molecular weight is 250 g/mol. The van der Waals surface area contributed by atoms with Crippen LogP contribution in [0.1, 0.15) is 30.5 Å². The highest BCUT2D eigenvalue weighted by Crippen LogP contribution is 2.13. The molecular formula is C14H22N2S. The van der Waals surface area contributed by atoms with Crippen LogP contribution in [0.2, 0.25) is 0 Å². The first-order valence-corrected chi connectivity index (χ1v) is 6.39. The molecule has 2 nitrogen and oxygen atoms in total. The Balaban J connectivity index is 2.81. The summed E-state index contributed by atoms with van der Waals surface area (Å²) >= 11 is 4.99. The van der Waals surface area contributed by atoms with Crippen LogP contribution in [-0.2, 0) is 6.54 Å². The second kappa shape index (κ2) is 6.12. The molecule has 2 N–H and O–H groups in total. The minimum atomic E-state index is 0.442. The average Bonchev–Trinajstić information content (AvgIpc) is 2.13. The van der Waals surface area contributed by atoms with Gasteiger partial charge in [-0.25, -0.2) is 0 Å². The van der Waals surface area contributed by atoms with Crippen molar-refractivity contribution in [2.24, 2.45) is 5.73 Å². The number of hydrogen-bond acceptors (Lipinski definition) is 2. The first-order valence-electron chi connectivity index (χ1n) is 5.98. The van der Waals surface area contributed by atoms with Crippen LogP contribution in [-0.4, -0.2) is 22.5 Å². The summed E-state index contributed by atoms with van der Waals surface area (Å²) in [5, 5.41) is 0. The molecule has 0 amide bonds. The molecule has 0 radical (unpaired) electrons. The molecule has 0 unspecified atom stereocenters. The smallest absolute Gasteiger partial charge is 0.0870 e. The van der Waals surface area contributed by atoms with Gasteiger partial charge in [-0.1, -0.05) is 41.5 Å². The van der Waals surface area contributed by atoms with Crippen molar-refractivity contribution in [2.75, 3.05) is 6.54 Å². The fourth-order valence-electron chi connectivity index (χ4n) is 2.02. The zero-order chi connectivity index (χ0) is 13.0. The predicted octanol–water partition coefficient (Wildman–Crippen LogP) is 2.80. The van der Waals surface area contributed by atoms with Crippen molar-refractivity contribution in [3.05, 3.63) is 34.9 Å². The number of hydrogen-bond donors (Lipinski definition) is 1. The molecule has 17 heavy (non-hydrogen) atoms. The van der Waals surface area contributed by atoms with Crippen LogP contribution in [0, 0.1) is 13.8 Å². The lowest BCUT2D eigenvalue weighted by atomic mass is 10.1. The minimum absolute atomic E-state index is 0.442. The van der Waals surface area contributed by atoms with Gasteiger partial charge in [0.05, 0.1) is 4.99 Å². The molecule has 1 aromatic rings. The molecule has 0 fully saturated rings. The number of thiocarbonyl (C=S) groups is 1. The van der Waals surface area contributed by atoms with Crippen molar-refractivity contribution in [3.63, 3.8) is 0 Å². The third-order valence-electron chi connectivity index (χ3n) is 2.76. The van der Waals surface area contributed by atoms with Crippen LogP contribution in [0.5, 0.6) is 0 Å². The maximum absolute atomic E-state index is 5.63. The van der Waals surface area contributed by atoms with Crippen LogP contribution in [0.15, 0.2) is 18.2 Å². The molecule has 3 heteroatoms. The molecule has 0 bridgehead atoms. The Morgan fingerprint density at radius 2 is 1.76 bits per heavy atom. The van der Waals surface area contributed by atoms with Gasteiger partial charge in [-0.05, 0) is 33.3 Å². The quantitative estimate of drug-likeness (QED) is 0.815. The van der Waals surface area contributed by atoms with Crippen molar-refractivity contribution < 1.29 is 0 Å². The van der Waals surface area contributed by atoms with E-state index < -0.39 is 0 Å². The van der Waals surface area contributed by atoms with E-state index in [4.69, 9.17) is 18.0 Å². The van der Waals surface area contributed by atoms with Crippen LogP contribution in [0.3, 0.4) is 0 Å². The topological polar surface area (TPSA) is 29.3 Å². The highest BCUT2D eigenvalue weighted by molar-refractivity contribution is 7.80. The normalized spacial score (nSPS) is 11.2. The van der Waals surface area contributed by atoms with E-state index in [0.717, 1.165) is 6.54 Å². The van der Waals surface area contributed by atoms with E-state index in [0.29, 0.717) is 17.6 Å². The summed E-state index contributed by atoms with van der Waals surface area (Å²) in [6.45, 7) is 10.2. The lowest BCUT2D eigenvalue weighted by Crippen LogP contribution is -2.37. The standard InChI is InChI=1S/C14H22N2S/c1-10(2)16(9-14(15)17)8-13-6-11(3)5-12(4)7-13/h5-7,10H,8-9H2,1-4H3,(H2,15,17). The van der Waals surface area contributed by atoms with Crippen molar-refractivity contribution >= 4 is 17.2 Å². The number of rotatable bonds is 5. The van der Waals surface area contributed by atoms with Gasteiger partial charge in [-0.15, -0.1) is 0 Å². The Labute approximate surface area is 110 Å². The van der Waals surface area contributed by atoms with Gasteiger partial charge in [0.1, 0.15) is 0 Å². The number of nitrogens with zero attached hydrogens (tertiary/aromatic N) is 1. The van der Waals surface area contributed by atoms with Gasteiger partial charge in [-0.3, -0.25) is 4.90 Å². The highest BCUT2D eigenvalue weighted by Gasteiger charge is 2.11. The molecule has 0 aliphatic heterocycles. The molecule has 0 heterocycles. The van der Waals surface area contributed by atoms with Crippen LogP contribution in [0.4, 0.5) is 0 Å². The molecule has 0 aliphatic carbocycles. The second-order valence-corrected chi connectivity index (χ2v) is 5.49. The molecule has 1 aromatic carbocycles. The maximum atomic E-state index is 5.63. The summed E-state index contributed by atoms with van der Waals surface area (Å²) < 4.78 is 0. The van der Waals surface area contributed by atoms with Crippen molar-refractivity contribution in [1.82, 2.24) is 4.90 Å². The zero-order valence-electron chi connectivity index (χ0n) is 11.2. The molecule has 1 rings (SSSR count). The Morgan fingerprint density at radius 3 is 2.18 bits per heavy atom. The second-order valence-electron chi connectivity index (χ2n) is 4.96. The molecule has 0 aliphatic rings. The Bertz CT molecular complexity index is 379. The third-order valence-corrected chi connectivity index (χ3v) is 2.89. The van der Waals surface area contributed by atoms with Crippen molar-refractivity contribution in [3.8, 4) is 0 Å². The third kappa shape index (κ3) is 4.84. The minimum Gasteiger partial charge on any atom is -0.392 e. The van der Waals surface area contributed by atoms with Gasteiger partial charge in [-0.2, -0.15) is 0 Å². The van der Waals surface area contributed by atoms with Gasteiger partial charge in [0, 0.05) is 19.1 Å². The van der Waals surface area contributed by atoms with E-state index >= 15 is 0 Å². The summed E-state index contributed by atoms with van der Waals surface area (Å²) in [6.07, 6.45) is 0. The van der Waals surface area contributed by atoms with E-state index in [1.165, 1.54) is 16.7 Å². The molecule has 0 spiro atoms. The van der Waals surface area contributed by atoms with Crippen LogP contribution in [0.25, 0.3) is 0 Å². The van der Waals surface area contributed by atoms with Gasteiger partial charge >= 0.3 is 0 Å². The van der Waals surface area contributed by atoms with E-state index in [2.05, 4.69) is 50.8 Å². The van der Waals surface area contributed by atoms with Crippen LogP contribution < -0.4 is 5.73 Å². The highest BCUT2D eigenvalue weighted by atomic mass is 32.1. The number of benzene rings is 1.